The number of rotatable bonds is 2. The molecule has 0 amide bonds. The summed E-state index contributed by atoms with van der Waals surface area (Å²) in [4.78, 5) is 23.5. The van der Waals surface area contributed by atoms with Gasteiger partial charge < -0.3 is 4.74 Å². The molecule has 3 heteroatoms. The van der Waals surface area contributed by atoms with Gasteiger partial charge in [-0.2, -0.15) is 0 Å². The Bertz CT molecular complexity index is 635. The minimum atomic E-state index is -0.155. The predicted molar refractivity (Wildman–Crippen MR) is 96.8 cm³/mol. The first-order chi connectivity index (χ1) is 11.8. The quantitative estimate of drug-likeness (QED) is 0.539. The van der Waals surface area contributed by atoms with Gasteiger partial charge in [-0.1, -0.05) is 25.5 Å². The van der Waals surface area contributed by atoms with Crippen LogP contribution in [0.25, 0.3) is 0 Å². The molecule has 3 nitrogen and oxygen atoms in total. The maximum absolute atomic E-state index is 12.2. The Morgan fingerprint density at radius 3 is 2.48 bits per heavy atom. The van der Waals surface area contributed by atoms with E-state index in [0.29, 0.717) is 17.6 Å². The zero-order valence-corrected chi connectivity index (χ0v) is 16.1. The molecule has 4 aliphatic carbocycles. The van der Waals surface area contributed by atoms with Gasteiger partial charge in [0, 0.05) is 19.3 Å². The monoisotopic (exact) mass is 344 g/mol. The molecule has 3 saturated carbocycles. The maximum Gasteiger partial charge on any atom is 0.302 e. The molecule has 3 fully saturated rings. The van der Waals surface area contributed by atoms with Crippen LogP contribution in [0.15, 0.2) is 11.6 Å². The Balaban J connectivity index is 1.61. The third-order valence-electron chi connectivity index (χ3n) is 8.53. The fourth-order valence-corrected chi connectivity index (χ4v) is 7.29. The fraction of sp³-hybridized carbons (Fsp3) is 0.818. The molecule has 0 spiro atoms. The van der Waals surface area contributed by atoms with Gasteiger partial charge in [0.15, 0.2) is 0 Å². The van der Waals surface area contributed by atoms with E-state index >= 15 is 0 Å². The van der Waals surface area contributed by atoms with Gasteiger partial charge in [0.05, 0.1) is 0 Å². The molecule has 25 heavy (non-hydrogen) atoms. The molecule has 0 aliphatic heterocycles. The van der Waals surface area contributed by atoms with Crippen molar-refractivity contribution in [3.8, 4) is 0 Å². The first-order valence-electron chi connectivity index (χ1n) is 10.1. The van der Waals surface area contributed by atoms with Gasteiger partial charge in [-0.05, 0) is 74.0 Å². The average Bonchev–Trinajstić information content (AvgIpc) is 3.01. The topological polar surface area (TPSA) is 43.4 Å². The highest BCUT2D eigenvalue weighted by Gasteiger charge is 2.60. The molecular formula is C22H32O3. The van der Waals surface area contributed by atoms with Crippen molar-refractivity contribution in [2.45, 2.75) is 78.7 Å². The molecule has 0 saturated heterocycles. The number of allylic oxidation sites excluding steroid dienone is 1. The lowest BCUT2D eigenvalue weighted by molar-refractivity contribution is -0.148. The molecule has 0 N–H and O–H groups in total. The summed E-state index contributed by atoms with van der Waals surface area (Å²) in [7, 11) is 0. The van der Waals surface area contributed by atoms with Crippen molar-refractivity contribution in [2.24, 2.45) is 34.5 Å². The highest BCUT2D eigenvalue weighted by molar-refractivity contribution is 5.79. The summed E-state index contributed by atoms with van der Waals surface area (Å²) in [6.07, 6.45) is 10.4. The van der Waals surface area contributed by atoms with Crippen LogP contribution < -0.4 is 0 Å². The molecule has 0 aromatic heterocycles. The lowest BCUT2D eigenvalue weighted by Gasteiger charge is -2.50. The second-order valence-corrected chi connectivity index (χ2v) is 9.66. The molecule has 0 heterocycles. The Kier molecular flexibility index (Phi) is 3.94. The number of esters is 1. The van der Waals surface area contributed by atoms with Crippen molar-refractivity contribution in [1.82, 2.24) is 0 Å². The molecule has 0 bridgehead atoms. The van der Waals surface area contributed by atoms with Crippen molar-refractivity contribution in [3.63, 3.8) is 0 Å². The van der Waals surface area contributed by atoms with Crippen LogP contribution in [0.4, 0.5) is 0 Å². The SMILES string of the molecule is CC(=O)O[C@H]1CC[C@@]2(C)C(=C[C@H]3[C@@H]4CC[C@H](C(C)=O)[C@@]4(C)CC[C@@H]32)C1. The normalized spacial score (nSPS) is 48.2. The Labute approximate surface area is 151 Å². The first kappa shape index (κ1) is 17.3. The summed E-state index contributed by atoms with van der Waals surface area (Å²) >= 11 is 0. The number of hydrogen-bond donors (Lipinski definition) is 0. The van der Waals surface area contributed by atoms with Crippen LogP contribution >= 0.6 is 0 Å². The van der Waals surface area contributed by atoms with Gasteiger partial charge in [-0.3, -0.25) is 9.59 Å². The molecule has 0 aromatic carbocycles. The van der Waals surface area contributed by atoms with E-state index in [0.717, 1.165) is 31.6 Å². The highest BCUT2D eigenvalue weighted by atomic mass is 16.5. The van der Waals surface area contributed by atoms with Gasteiger partial charge in [0.2, 0.25) is 0 Å². The maximum atomic E-state index is 12.2. The number of fused-ring (bicyclic) bond motifs is 5. The predicted octanol–water partition coefficient (Wildman–Crippen LogP) is 4.70. The molecule has 4 aliphatic rings. The van der Waals surface area contributed by atoms with Crippen molar-refractivity contribution >= 4 is 11.8 Å². The van der Waals surface area contributed by atoms with Crippen molar-refractivity contribution in [3.05, 3.63) is 11.6 Å². The van der Waals surface area contributed by atoms with Crippen LogP contribution in [0.5, 0.6) is 0 Å². The summed E-state index contributed by atoms with van der Waals surface area (Å²) in [5.41, 5.74) is 2.02. The number of hydrogen-bond acceptors (Lipinski definition) is 3. The molecule has 0 radical (unpaired) electrons. The van der Waals surface area contributed by atoms with E-state index < -0.39 is 0 Å². The second kappa shape index (κ2) is 5.69. The number of ether oxygens (including phenoxy) is 1. The van der Waals surface area contributed by atoms with E-state index in [-0.39, 0.29) is 28.8 Å². The molecular weight excluding hydrogens is 312 g/mol. The van der Waals surface area contributed by atoms with Crippen LogP contribution in [0.1, 0.15) is 72.6 Å². The van der Waals surface area contributed by atoms with E-state index in [4.69, 9.17) is 4.74 Å². The molecule has 0 unspecified atom stereocenters. The molecule has 4 rings (SSSR count). The molecule has 138 valence electrons. The van der Waals surface area contributed by atoms with Crippen LogP contribution in [0, 0.1) is 34.5 Å². The Morgan fingerprint density at radius 2 is 1.80 bits per heavy atom. The van der Waals surface area contributed by atoms with E-state index in [1.165, 1.54) is 31.8 Å². The summed E-state index contributed by atoms with van der Waals surface area (Å²) in [6, 6.07) is 0. The van der Waals surface area contributed by atoms with Crippen molar-refractivity contribution in [1.29, 1.82) is 0 Å². The first-order valence-corrected chi connectivity index (χ1v) is 10.1. The van der Waals surface area contributed by atoms with E-state index in [9.17, 15) is 9.59 Å². The minimum absolute atomic E-state index is 0.0666. The second-order valence-electron chi connectivity index (χ2n) is 9.66. The molecule has 0 aromatic rings. The summed E-state index contributed by atoms with van der Waals surface area (Å²) in [5, 5.41) is 0. The van der Waals surface area contributed by atoms with Crippen molar-refractivity contribution in [2.75, 3.05) is 0 Å². The number of carbonyl (C=O) groups excluding carboxylic acids is 2. The smallest absolute Gasteiger partial charge is 0.302 e. The van der Waals surface area contributed by atoms with Gasteiger partial charge in [-0.25, -0.2) is 0 Å². The van der Waals surface area contributed by atoms with Crippen LogP contribution in [-0.4, -0.2) is 17.9 Å². The summed E-state index contributed by atoms with van der Waals surface area (Å²) in [6.45, 7) is 8.15. The molecule has 7 atom stereocenters. The van der Waals surface area contributed by atoms with Crippen LogP contribution in [-0.2, 0) is 14.3 Å². The third-order valence-corrected chi connectivity index (χ3v) is 8.53. The Hall–Kier alpha value is -1.12. The van der Waals surface area contributed by atoms with Crippen LogP contribution in [0.2, 0.25) is 0 Å². The minimum Gasteiger partial charge on any atom is -0.462 e. The lowest BCUT2D eigenvalue weighted by atomic mass is 9.54. The number of Topliss-reactive ketones (excluding diaryl/α,β-unsaturated/α-hetero) is 1. The standard InChI is InChI=1S/C22H32O3/c1-13(23)18-5-6-19-17-12-15-11-16(25-14(2)24)7-9-21(15,3)20(17)8-10-22(18,19)4/h12,16-20H,5-11H2,1-4H3/t16-,17-,18+,19-,20-,21-,22+/m0/s1. The van der Waals surface area contributed by atoms with Gasteiger partial charge >= 0.3 is 5.97 Å². The average molecular weight is 344 g/mol. The summed E-state index contributed by atoms with van der Waals surface area (Å²) in [5.74, 6) is 2.51. The zero-order valence-electron chi connectivity index (χ0n) is 16.1. The number of ketones is 1. The highest BCUT2D eigenvalue weighted by Crippen LogP contribution is 2.67. The Morgan fingerprint density at radius 1 is 1.04 bits per heavy atom. The van der Waals surface area contributed by atoms with E-state index in [2.05, 4.69) is 19.9 Å². The fourth-order valence-electron chi connectivity index (χ4n) is 7.29. The van der Waals surface area contributed by atoms with Crippen molar-refractivity contribution < 1.29 is 14.3 Å². The van der Waals surface area contributed by atoms with E-state index in [1.807, 2.05) is 0 Å². The number of carbonyl (C=O) groups is 2. The largest absolute Gasteiger partial charge is 0.462 e. The van der Waals surface area contributed by atoms with Gasteiger partial charge in [-0.15, -0.1) is 0 Å². The van der Waals surface area contributed by atoms with Crippen LogP contribution in [0.3, 0.4) is 0 Å². The van der Waals surface area contributed by atoms with Gasteiger partial charge in [0.1, 0.15) is 11.9 Å². The van der Waals surface area contributed by atoms with Gasteiger partial charge in [0.25, 0.3) is 0 Å². The van der Waals surface area contributed by atoms with E-state index in [1.54, 1.807) is 6.92 Å². The summed E-state index contributed by atoms with van der Waals surface area (Å²) < 4.78 is 5.53. The third kappa shape index (κ3) is 2.44. The zero-order chi connectivity index (χ0) is 18.0. The lowest BCUT2D eigenvalue weighted by Crippen LogP contribution is -2.45.